The van der Waals surface area contributed by atoms with Crippen LogP contribution in [0.15, 0.2) is 23.6 Å². The lowest BCUT2D eigenvalue weighted by molar-refractivity contribution is 0.199. The highest BCUT2D eigenvalue weighted by Crippen LogP contribution is 2.18. The van der Waals surface area contributed by atoms with Gasteiger partial charge in [-0.1, -0.05) is 0 Å². The van der Waals surface area contributed by atoms with Crippen LogP contribution in [-0.4, -0.2) is 25.2 Å². The molecule has 0 aliphatic carbocycles. The molecular weight excluding hydrogens is 291 g/mol. The molecule has 114 valence electrons. The number of nitrogens with zero attached hydrogens (tertiary/aromatic N) is 1. The number of halogens is 1. The molecule has 0 saturated carbocycles. The zero-order valence-electron chi connectivity index (χ0n) is 12.2. The van der Waals surface area contributed by atoms with Gasteiger partial charge in [-0.2, -0.15) is 0 Å². The van der Waals surface area contributed by atoms with Crippen molar-refractivity contribution in [1.29, 1.82) is 0 Å². The molecule has 2 aromatic rings. The Bertz CT molecular complexity index is 575. The maximum Gasteiger partial charge on any atom is 0.131 e. The topological polar surface area (TPSA) is 43.4 Å². The number of rotatable bonds is 8. The van der Waals surface area contributed by atoms with Gasteiger partial charge in [0.1, 0.15) is 18.2 Å². The number of methoxy groups -OCH3 is 1. The summed E-state index contributed by atoms with van der Waals surface area (Å²) in [6, 6.07) is 4.72. The van der Waals surface area contributed by atoms with Crippen LogP contribution in [0, 0.1) is 12.7 Å². The second-order valence-electron chi connectivity index (χ2n) is 4.61. The van der Waals surface area contributed by atoms with E-state index in [2.05, 4.69) is 10.3 Å². The zero-order valence-corrected chi connectivity index (χ0v) is 13.0. The molecule has 1 heterocycles. The molecule has 0 spiro atoms. The van der Waals surface area contributed by atoms with Gasteiger partial charge in [-0.3, -0.25) is 0 Å². The van der Waals surface area contributed by atoms with Gasteiger partial charge in [0.15, 0.2) is 0 Å². The minimum Gasteiger partial charge on any atom is -0.487 e. The molecule has 1 aromatic heterocycles. The Kier molecular flexibility index (Phi) is 6.10. The smallest absolute Gasteiger partial charge is 0.131 e. The molecule has 2 rings (SSSR count). The van der Waals surface area contributed by atoms with Gasteiger partial charge in [0.25, 0.3) is 0 Å². The van der Waals surface area contributed by atoms with Crippen LogP contribution in [-0.2, 0) is 17.9 Å². The van der Waals surface area contributed by atoms with Crippen molar-refractivity contribution in [2.75, 3.05) is 20.3 Å². The summed E-state index contributed by atoms with van der Waals surface area (Å²) in [5.41, 5.74) is 1.71. The third kappa shape index (κ3) is 5.41. The van der Waals surface area contributed by atoms with Crippen LogP contribution in [0.2, 0.25) is 0 Å². The van der Waals surface area contributed by atoms with Gasteiger partial charge in [0.05, 0.1) is 17.3 Å². The first-order valence-electron chi connectivity index (χ1n) is 6.70. The normalized spacial score (nSPS) is 10.8. The molecule has 0 unspecified atom stereocenters. The number of nitrogens with one attached hydrogen (secondary N) is 1. The van der Waals surface area contributed by atoms with Crippen molar-refractivity contribution < 1.29 is 13.9 Å². The summed E-state index contributed by atoms with van der Waals surface area (Å²) in [7, 11) is 1.65. The van der Waals surface area contributed by atoms with Crippen molar-refractivity contribution in [3.8, 4) is 5.75 Å². The SMILES string of the molecule is COCCNCc1cc(F)cc(OCc2csc(C)n2)c1. The van der Waals surface area contributed by atoms with E-state index < -0.39 is 0 Å². The Hall–Kier alpha value is -1.50. The average Bonchev–Trinajstić information content (AvgIpc) is 2.87. The molecule has 0 aliphatic rings. The number of hydrogen-bond donors (Lipinski definition) is 1. The molecule has 0 amide bonds. The summed E-state index contributed by atoms with van der Waals surface area (Å²) in [4.78, 5) is 4.31. The molecule has 0 aliphatic heterocycles. The van der Waals surface area contributed by atoms with E-state index in [-0.39, 0.29) is 5.82 Å². The van der Waals surface area contributed by atoms with Crippen LogP contribution in [0.5, 0.6) is 5.75 Å². The summed E-state index contributed by atoms with van der Waals surface area (Å²) in [5, 5.41) is 6.12. The van der Waals surface area contributed by atoms with Crippen molar-refractivity contribution in [3.63, 3.8) is 0 Å². The van der Waals surface area contributed by atoms with Crippen molar-refractivity contribution in [3.05, 3.63) is 45.7 Å². The number of ether oxygens (including phenoxy) is 2. The quantitative estimate of drug-likeness (QED) is 0.761. The molecule has 0 bridgehead atoms. The fourth-order valence-corrected chi connectivity index (χ4v) is 2.44. The van der Waals surface area contributed by atoms with Crippen LogP contribution in [0.3, 0.4) is 0 Å². The molecule has 4 nitrogen and oxygen atoms in total. The summed E-state index contributed by atoms with van der Waals surface area (Å²) in [5.74, 6) is 0.217. The summed E-state index contributed by atoms with van der Waals surface area (Å²) < 4.78 is 24.1. The molecule has 0 saturated heterocycles. The van der Waals surface area contributed by atoms with Crippen molar-refractivity contribution in [2.45, 2.75) is 20.1 Å². The maximum atomic E-state index is 13.6. The Morgan fingerprint density at radius 2 is 2.19 bits per heavy atom. The van der Waals surface area contributed by atoms with Crippen LogP contribution < -0.4 is 10.1 Å². The second-order valence-corrected chi connectivity index (χ2v) is 5.67. The van der Waals surface area contributed by atoms with Crippen molar-refractivity contribution in [2.24, 2.45) is 0 Å². The first-order valence-corrected chi connectivity index (χ1v) is 7.58. The molecule has 0 fully saturated rings. The fourth-order valence-electron chi connectivity index (χ4n) is 1.84. The number of hydrogen-bond acceptors (Lipinski definition) is 5. The van der Waals surface area contributed by atoms with Crippen LogP contribution in [0.25, 0.3) is 0 Å². The van der Waals surface area contributed by atoms with Crippen molar-refractivity contribution >= 4 is 11.3 Å². The fraction of sp³-hybridized carbons (Fsp3) is 0.400. The van der Waals surface area contributed by atoms with Gasteiger partial charge < -0.3 is 14.8 Å². The molecule has 6 heteroatoms. The molecule has 0 radical (unpaired) electrons. The van der Waals surface area contributed by atoms with Gasteiger partial charge in [0.2, 0.25) is 0 Å². The third-order valence-electron chi connectivity index (χ3n) is 2.80. The molecule has 0 atom stereocenters. The van der Waals surface area contributed by atoms with Gasteiger partial charge in [-0.25, -0.2) is 9.37 Å². The van der Waals surface area contributed by atoms with Crippen LogP contribution in [0.4, 0.5) is 4.39 Å². The van der Waals surface area contributed by atoms with E-state index in [4.69, 9.17) is 9.47 Å². The minimum absolute atomic E-state index is 0.300. The first-order chi connectivity index (χ1) is 10.2. The van der Waals surface area contributed by atoms with Crippen LogP contribution >= 0.6 is 11.3 Å². The Labute approximate surface area is 127 Å². The second kappa shape index (κ2) is 8.07. The van der Waals surface area contributed by atoms with Crippen LogP contribution in [0.1, 0.15) is 16.3 Å². The van der Waals surface area contributed by atoms with E-state index in [9.17, 15) is 4.39 Å². The Morgan fingerprint density at radius 1 is 1.33 bits per heavy atom. The van der Waals surface area contributed by atoms with E-state index in [1.807, 2.05) is 18.4 Å². The molecule has 1 N–H and O–H groups in total. The van der Waals surface area contributed by atoms with Gasteiger partial charge >= 0.3 is 0 Å². The van der Waals surface area contributed by atoms with E-state index in [1.54, 1.807) is 18.4 Å². The van der Waals surface area contributed by atoms with E-state index >= 15 is 0 Å². The largest absolute Gasteiger partial charge is 0.487 e. The van der Waals surface area contributed by atoms with Gasteiger partial charge in [-0.15, -0.1) is 11.3 Å². The number of aryl methyl sites for hydroxylation is 1. The highest BCUT2D eigenvalue weighted by molar-refractivity contribution is 7.09. The third-order valence-corrected chi connectivity index (χ3v) is 3.62. The first kappa shape index (κ1) is 15.9. The van der Waals surface area contributed by atoms with Crippen molar-refractivity contribution in [1.82, 2.24) is 10.3 Å². The lowest BCUT2D eigenvalue weighted by atomic mass is 10.2. The van der Waals surface area contributed by atoms with E-state index in [0.717, 1.165) is 22.8 Å². The summed E-state index contributed by atoms with van der Waals surface area (Å²) in [6.45, 7) is 4.22. The summed E-state index contributed by atoms with van der Waals surface area (Å²) in [6.07, 6.45) is 0. The average molecular weight is 310 g/mol. The number of aromatic nitrogens is 1. The molecule has 21 heavy (non-hydrogen) atoms. The Morgan fingerprint density at radius 3 is 2.90 bits per heavy atom. The number of benzene rings is 1. The standard InChI is InChI=1S/C15H19FN2O2S/c1-11-18-14(10-21-11)9-20-15-6-12(5-13(16)7-15)8-17-3-4-19-2/h5-7,10,17H,3-4,8-9H2,1-2H3. The summed E-state index contributed by atoms with van der Waals surface area (Å²) >= 11 is 1.57. The predicted octanol–water partition coefficient (Wildman–Crippen LogP) is 2.91. The lowest BCUT2D eigenvalue weighted by Crippen LogP contribution is -2.18. The lowest BCUT2D eigenvalue weighted by Gasteiger charge is -2.09. The molecule has 1 aromatic carbocycles. The Balaban J connectivity index is 1.91. The zero-order chi connectivity index (χ0) is 15.1. The highest BCUT2D eigenvalue weighted by atomic mass is 32.1. The monoisotopic (exact) mass is 310 g/mol. The van der Waals surface area contributed by atoms with Gasteiger partial charge in [-0.05, 0) is 24.6 Å². The molecular formula is C15H19FN2O2S. The minimum atomic E-state index is -0.300. The van der Waals surface area contributed by atoms with E-state index in [0.29, 0.717) is 25.5 Å². The highest BCUT2D eigenvalue weighted by Gasteiger charge is 2.04. The number of thiazole rings is 1. The maximum absolute atomic E-state index is 13.6. The predicted molar refractivity (Wildman–Crippen MR) is 81.2 cm³/mol. The van der Waals surface area contributed by atoms with Gasteiger partial charge in [0, 0.05) is 31.6 Å². The van der Waals surface area contributed by atoms with E-state index in [1.165, 1.54) is 12.1 Å².